The normalized spacial score (nSPS) is 14.1. The maximum Gasteiger partial charge on any atom is 0.131 e. The number of nitrogens with zero attached hydrogens (tertiary/aromatic N) is 2. The summed E-state index contributed by atoms with van der Waals surface area (Å²) < 4.78 is 13.8. The lowest BCUT2D eigenvalue weighted by Crippen LogP contribution is -2.18. The van der Waals surface area contributed by atoms with Crippen molar-refractivity contribution in [1.29, 1.82) is 5.26 Å². The van der Waals surface area contributed by atoms with Gasteiger partial charge >= 0.3 is 0 Å². The summed E-state index contributed by atoms with van der Waals surface area (Å²) in [6, 6.07) is 7.79. The maximum absolute atomic E-state index is 13.8. The van der Waals surface area contributed by atoms with Crippen LogP contribution in [0.1, 0.15) is 18.1 Å². The van der Waals surface area contributed by atoms with Gasteiger partial charge in [0, 0.05) is 23.2 Å². The summed E-state index contributed by atoms with van der Waals surface area (Å²) in [5.74, 6) is -0.648. The van der Waals surface area contributed by atoms with Crippen molar-refractivity contribution in [3.05, 3.63) is 41.8 Å². The van der Waals surface area contributed by atoms with E-state index in [1.807, 2.05) is 0 Å². The van der Waals surface area contributed by atoms with Gasteiger partial charge in [-0.3, -0.25) is 4.98 Å². The van der Waals surface area contributed by atoms with Gasteiger partial charge < -0.3 is 10.2 Å². The monoisotopic (exact) mass is 246 g/mol. The van der Waals surface area contributed by atoms with Crippen LogP contribution in [0.15, 0.2) is 30.5 Å². The third-order valence-electron chi connectivity index (χ3n) is 2.70. The molecule has 1 aromatic carbocycles. The maximum atomic E-state index is 13.8. The van der Waals surface area contributed by atoms with E-state index < -0.39 is 18.0 Å². The minimum atomic E-state index is -1.42. The molecule has 2 rings (SSSR count). The summed E-state index contributed by atoms with van der Waals surface area (Å²) in [6.07, 6.45) is -1.44. The van der Waals surface area contributed by atoms with Crippen molar-refractivity contribution < 1.29 is 14.6 Å². The Kier molecular flexibility index (Phi) is 3.51. The lowest BCUT2D eigenvalue weighted by atomic mass is 10.00. The molecule has 0 spiro atoms. The highest BCUT2D eigenvalue weighted by atomic mass is 19.1. The van der Waals surface area contributed by atoms with Crippen molar-refractivity contribution in [1.82, 2.24) is 4.98 Å². The molecule has 2 aromatic rings. The average Bonchev–Trinajstić information content (AvgIpc) is 2.37. The number of aliphatic hydroxyl groups is 2. The molecule has 0 aliphatic carbocycles. The van der Waals surface area contributed by atoms with Crippen molar-refractivity contribution in [2.45, 2.75) is 18.6 Å². The molecule has 0 saturated heterocycles. The molecule has 2 atom stereocenters. The summed E-state index contributed by atoms with van der Waals surface area (Å²) >= 11 is 0. The molecule has 2 N–H and O–H groups in total. The Morgan fingerprint density at radius 2 is 2.17 bits per heavy atom. The first-order valence-electron chi connectivity index (χ1n) is 5.40. The van der Waals surface area contributed by atoms with Gasteiger partial charge in [-0.2, -0.15) is 5.26 Å². The second kappa shape index (κ2) is 5.08. The molecule has 0 amide bonds. The summed E-state index contributed by atoms with van der Waals surface area (Å²) in [4.78, 5) is 3.99. The summed E-state index contributed by atoms with van der Waals surface area (Å²) in [7, 11) is 0. The topological polar surface area (TPSA) is 77.1 Å². The van der Waals surface area contributed by atoms with Crippen LogP contribution in [0.4, 0.5) is 4.39 Å². The van der Waals surface area contributed by atoms with Gasteiger partial charge in [-0.1, -0.05) is 6.07 Å². The number of nitriles is 1. The molecule has 1 aromatic heterocycles. The van der Waals surface area contributed by atoms with E-state index in [1.165, 1.54) is 12.1 Å². The smallest absolute Gasteiger partial charge is 0.131 e. The van der Waals surface area contributed by atoms with E-state index in [2.05, 4.69) is 4.98 Å². The first-order valence-corrected chi connectivity index (χ1v) is 5.40. The minimum absolute atomic E-state index is 0.0294. The van der Waals surface area contributed by atoms with Gasteiger partial charge in [0.05, 0.1) is 24.1 Å². The number of benzene rings is 1. The third kappa shape index (κ3) is 2.30. The van der Waals surface area contributed by atoms with Crippen LogP contribution in [0, 0.1) is 17.1 Å². The Bertz CT molecular complexity index is 609. The molecular weight excluding hydrogens is 235 g/mol. The molecule has 0 aliphatic heterocycles. The van der Waals surface area contributed by atoms with Crippen molar-refractivity contribution in [2.24, 2.45) is 0 Å². The predicted molar refractivity (Wildman–Crippen MR) is 62.9 cm³/mol. The van der Waals surface area contributed by atoms with E-state index in [0.717, 1.165) is 0 Å². The Morgan fingerprint density at radius 3 is 2.89 bits per heavy atom. The van der Waals surface area contributed by atoms with Crippen molar-refractivity contribution >= 4 is 10.9 Å². The van der Waals surface area contributed by atoms with E-state index in [-0.39, 0.29) is 12.0 Å². The van der Waals surface area contributed by atoms with E-state index in [9.17, 15) is 14.6 Å². The minimum Gasteiger partial charge on any atom is -0.389 e. The molecule has 2 unspecified atom stereocenters. The molecule has 1 heterocycles. The van der Waals surface area contributed by atoms with Crippen molar-refractivity contribution in [3.63, 3.8) is 0 Å². The molecule has 92 valence electrons. The fourth-order valence-corrected chi connectivity index (χ4v) is 1.75. The lowest BCUT2D eigenvalue weighted by Gasteiger charge is -2.16. The van der Waals surface area contributed by atoms with Crippen LogP contribution in [-0.4, -0.2) is 21.3 Å². The van der Waals surface area contributed by atoms with E-state index in [1.54, 1.807) is 24.4 Å². The summed E-state index contributed by atoms with van der Waals surface area (Å²) in [5, 5.41) is 28.4. The molecule has 4 nitrogen and oxygen atoms in total. The Balaban J connectivity index is 2.44. The molecule has 0 aliphatic rings. The van der Waals surface area contributed by atoms with Gasteiger partial charge in [-0.05, 0) is 12.1 Å². The van der Waals surface area contributed by atoms with Crippen LogP contribution >= 0.6 is 0 Å². The Morgan fingerprint density at radius 1 is 1.39 bits per heavy atom. The van der Waals surface area contributed by atoms with Crippen LogP contribution in [0.5, 0.6) is 0 Å². The highest BCUT2D eigenvalue weighted by molar-refractivity contribution is 5.79. The molecule has 5 heteroatoms. The lowest BCUT2D eigenvalue weighted by molar-refractivity contribution is 0.0196. The predicted octanol–water partition coefficient (Wildman–Crippen LogP) is 1.68. The van der Waals surface area contributed by atoms with Crippen LogP contribution in [0.25, 0.3) is 10.9 Å². The highest BCUT2D eigenvalue weighted by Crippen LogP contribution is 2.25. The van der Waals surface area contributed by atoms with Crippen molar-refractivity contribution in [2.75, 3.05) is 0 Å². The Hall–Kier alpha value is -2.03. The van der Waals surface area contributed by atoms with E-state index in [4.69, 9.17) is 5.26 Å². The second-order valence-corrected chi connectivity index (χ2v) is 3.94. The van der Waals surface area contributed by atoms with Crippen LogP contribution in [0.3, 0.4) is 0 Å². The van der Waals surface area contributed by atoms with Gasteiger partial charge in [0.25, 0.3) is 0 Å². The van der Waals surface area contributed by atoms with Gasteiger partial charge in [-0.25, -0.2) is 4.39 Å². The SMILES string of the molecule is N#CCC(O)C(O)c1cc2cccnc2cc1F. The quantitative estimate of drug-likeness (QED) is 0.863. The number of fused-ring (bicyclic) bond motifs is 1. The summed E-state index contributed by atoms with van der Waals surface area (Å²) in [6.45, 7) is 0. The number of rotatable bonds is 3. The number of halogens is 1. The number of aliphatic hydroxyl groups excluding tert-OH is 2. The molecule has 0 saturated carbocycles. The zero-order valence-corrected chi connectivity index (χ0v) is 9.42. The van der Waals surface area contributed by atoms with Crippen molar-refractivity contribution in [3.8, 4) is 6.07 Å². The first-order chi connectivity index (χ1) is 8.63. The number of hydrogen-bond acceptors (Lipinski definition) is 4. The molecule has 0 fully saturated rings. The average molecular weight is 246 g/mol. The fourth-order valence-electron chi connectivity index (χ4n) is 1.75. The molecule has 0 bridgehead atoms. The van der Waals surface area contributed by atoms with E-state index >= 15 is 0 Å². The van der Waals surface area contributed by atoms with Crippen LogP contribution in [0.2, 0.25) is 0 Å². The zero-order valence-electron chi connectivity index (χ0n) is 9.42. The van der Waals surface area contributed by atoms with Gasteiger partial charge in [0.15, 0.2) is 0 Å². The fraction of sp³-hybridized carbons (Fsp3) is 0.231. The van der Waals surface area contributed by atoms with Gasteiger partial charge in [-0.15, -0.1) is 0 Å². The third-order valence-corrected chi connectivity index (χ3v) is 2.70. The second-order valence-electron chi connectivity index (χ2n) is 3.94. The van der Waals surface area contributed by atoms with Crippen LogP contribution < -0.4 is 0 Å². The van der Waals surface area contributed by atoms with Gasteiger partial charge in [0.1, 0.15) is 11.9 Å². The number of hydrogen-bond donors (Lipinski definition) is 2. The highest BCUT2D eigenvalue weighted by Gasteiger charge is 2.21. The zero-order chi connectivity index (χ0) is 13.1. The largest absolute Gasteiger partial charge is 0.389 e. The Labute approximate surface area is 103 Å². The van der Waals surface area contributed by atoms with Crippen LogP contribution in [-0.2, 0) is 0 Å². The van der Waals surface area contributed by atoms with Gasteiger partial charge in [0.2, 0.25) is 0 Å². The first kappa shape index (κ1) is 12.4. The number of aromatic nitrogens is 1. The molecular formula is C13H11FN2O2. The number of pyridine rings is 1. The van der Waals surface area contributed by atoms with E-state index in [0.29, 0.717) is 10.9 Å². The summed E-state index contributed by atoms with van der Waals surface area (Å²) in [5.41, 5.74) is 0.443. The molecule has 0 radical (unpaired) electrons. The molecule has 18 heavy (non-hydrogen) atoms. The standard InChI is InChI=1S/C13H11FN2O2/c14-10-7-11-8(2-1-5-16-11)6-9(10)13(18)12(17)3-4-15/h1-2,5-7,12-13,17-18H,3H2.